The van der Waals surface area contributed by atoms with E-state index < -0.39 is 17.1 Å². The van der Waals surface area contributed by atoms with E-state index >= 15 is 0 Å². The normalized spacial score (nSPS) is 11.8. The summed E-state index contributed by atoms with van der Waals surface area (Å²) in [5.74, 6) is -0.166. The van der Waals surface area contributed by atoms with Crippen molar-refractivity contribution in [2.45, 2.75) is 58.9 Å². The third-order valence-electron chi connectivity index (χ3n) is 5.30. The quantitative estimate of drug-likeness (QED) is 0.543. The third-order valence-corrected chi connectivity index (χ3v) is 5.30. The van der Waals surface area contributed by atoms with E-state index in [0.717, 1.165) is 29.4 Å². The topological polar surface area (TPSA) is 85.3 Å². The van der Waals surface area contributed by atoms with Crippen LogP contribution in [0.3, 0.4) is 0 Å². The number of carbonyl (C=O) groups excluding carboxylic acids is 1. The molecule has 0 radical (unpaired) electrons. The Bertz CT molecular complexity index is 1120. The second-order valence-corrected chi connectivity index (χ2v) is 8.66. The highest BCUT2D eigenvalue weighted by Gasteiger charge is 2.19. The Kier molecular flexibility index (Phi) is 6.13. The number of fused-ring (bicyclic) bond motifs is 1. The monoisotopic (exact) mass is 406 g/mol. The Morgan fingerprint density at radius 3 is 2.37 bits per heavy atom. The average molecular weight is 407 g/mol. The summed E-state index contributed by atoms with van der Waals surface area (Å²) < 4.78 is 5.66. The molecule has 3 rings (SSSR count). The molecule has 1 amide bonds. The summed E-state index contributed by atoms with van der Waals surface area (Å²) in [6.07, 6.45) is 1.77. The van der Waals surface area contributed by atoms with Gasteiger partial charge in [0.1, 0.15) is 11.1 Å². The average Bonchev–Trinajstić information content (AvgIpc) is 2.67. The lowest BCUT2D eigenvalue weighted by atomic mass is 9.92. The largest absolute Gasteiger partial charge is 0.422 e. The number of benzene rings is 2. The first-order chi connectivity index (χ1) is 14.1. The summed E-state index contributed by atoms with van der Waals surface area (Å²) in [4.78, 5) is 25.4. The van der Waals surface area contributed by atoms with Crippen LogP contribution in [-0.4, -0.2) is 5.91 Å². The van der Waals surface area contributed by atoms with Crippen molar-refractivity contribution in [2.75, 3.05) is 5.32 Å². The predicted molar refractivity (Wildman–Crippen MR) is 122 cm³/mol. The van der Waals surface area contributed by atoms with E-state index in [2.05, 4.69) is 32.2 Å². The molecular formula is C25H30N2O3. The van der Waals surface area contributed by atoms with Gasteiger partial charge in [0.05, 0.1) is 0 Å². The van der Waals surface area contributed by atoms with E-state index in [9.17, 15) is 9.59 Å². The molecule has 1 aromatic heterocycles. The van der Waals surface area contributed by atoms with E-state index in [1.54, 1.807) is 18.2 Å². The smallest absolute Gasteiger partial charge is 0.349 e. The molecule has 5 heteroatoms. The number of nitrogens with two attached hydrogens (primary N) is 1. The van der Waals surface area contributed by atoms with Crippen LogP contribution in [0.15, 0.2) is 51.7 Å². The van der Waals surface area contributed by atoms with Crippen molar-refractivity contribution in [3.05, 3.63) is 75.1 Å². The van der Waals surface area contributed by atoms with Crippen LogP contribution in [0.1, 0.15) is 74.0 Å². The Morgan fingerprint density at radius 1 is 1.13 bits per heavy atom. The summed E-state index contributed by atoms with van der Waals surface area (Å²) in [6, 6.07) is 12.9. The Morgan fingerprint density at radius 2 is 1.80 bits per heavy atom. The van der Waals surface area contributed by atoms with Gasteiger partial charge >= 0.3 is 5.63 Å². The first-order valence-corrected chi connectivity index (χ1v) is 10.4. The van der Waals surface area contributed by atoms with Crippen LogP contribution in [0.4, 0.5) is 5.69 Å². The molecule has 0 bridgehead atoms. The van der Waals surface area contributed by atoms with Crippen molar-refractivity contribution >= 4 is 22.6 Å². The van der Waals surface area contributed by atoms with Gasteiger partial charge in [0.25, 0.3) is 5.91 Å². The fraction of sp³-hybridized carbons (Fsp3) is 0.360. The molecule has 2 aromatic carbocycles. The summed E-state index contributed by atoms with van der Waals surface area (Å²) in [5.41, 5.74) is 9.34. The molecule has 3 aromatic rings. The first-order valence-electron chi connectivity index (χ1n) is 10.4. The van der Waals surface area contributed by atoms with E-state index in [1.807, 2.05) is 32.0 Å². The third kappa shape index (κ3) is 4.46. The van der Waals surface area contributed by atoms with Crippen LogP contribution < -0.4 is 16.7 Å². The van der Waals surface area contributed by atoms with Crippen molar-refractivity contribution in [3.8, 4) is 0 Å². The van der Waals surface area contributed by atoms with Gasteiger partial charge < -0.3 is 15.5 Å². The van der Waals surface area contributed by atoms with Crippen molar-refractivity contribution in [2.24, 2.45) is 5.73 Å². The number of anilines is 1. The SMILES string of the molecule is CCCc1c(C(C)C)ccc2cc(C(=O)Nc3ccc(C(C)(C)N)cc3)c(=O)oc12. The number of rotatable bonds is 6. The van der Waals surface area contributed by atoms with Gasteiger partial charge in [-0.2, -0.15) is 0 Å². The number of aryl methyl sites for hydroxylation is 1. The van der Waals surface area contributed by atoms with Crippen molar-refractivity contribution in [3.63, 3.8) is 0 Å². The maximum Gasteiger partial charge on any atom is 0.349 e. The number of hydrogen-bond donors (Lipinski definition) is 2. The van der Waals surface area contributed by atoms with Gasteiger partial charge in [-0.3, -0.25) is 4.79 Å². The van der Waals surface area contributed by atoms with Crippen molar-refractivity contribution in [1.29, 1.82) is 0 Å². The van der Waals surface area contributed by atoms with E-state index in [-0.39, 0.29) is 5.56 Å². The number of hydrogen-bond acceptors (Lipinski definition) is 4. The number of amides is 1. The summed E-state index contributed by atoms with van der Waals surface area (Å²) in [6.45, 7) is 10.2. The van der Waals surface area contributed by atoms with Crippen molar-refractivity contribution in [1.82, 2.24) is 0 Å². The molecule has 0 aliphatic rings. The standard InChI is InChI=1S/C25H30N2O3/c1-6-7-20-19(15(2)3)13-8-16-14-21(24(29)30-22(16)20)23(28)27-18-11-9-17(10-12-18)25(4,5)26/h8-15H,6-7,26H2,1-5H3,(H,27,28). The molecule has 0 unspecified atom stereocenters. The minimum absolute atomic E-state index is 0.00882. The van der Waals surface area contributed by atoms with E-state index in [0.29, 0.717) is 17.2 Å². The Hall–Kier alpha value is -2.92. The fourth-order valence-electron chi connectivity index (χ4n) is 3.65. The Labute approximate surface area is 177 Å². The molecule has 0 aliphatic carbocycles. The fourth-order valence-corrected chi connectivity index (χ4v) is 3.65. The lowest BCUT2D eigenvalue weighted by Crippen LogP contribution is -2.28. The second kappa shape index (κ2) is 8.44. The first kappa shape index (κ1) is 21.8. The molecule has 158 valence electrons. The molecule has 30 heavy (non-hydrogen) atoms. The molecule has 3 N–H and O–H groups in total. The summed E-state index contributed by atoms with van der Waals surface area (Å²) in [5, 5.41) is 3.53. The molecule has 0 saturated heterocycles. The molecule has 0 aliphatic heterocycles. The zero-order chi connectivity index (χ0) is 22.1. The van der Waals surface area contributed by atoms with Gasteiger partial charge in [0.2, 0.25) is 0 Å². The van der Waals surface area contributed by atoms with Crippen LogP contribution >= 0.6 is 0 Å². The van der Waals surface area contributed by atoms with Crippen LogP contribution in [0.25, 0.3) is 11.0 Å². The zero-order valence-electron chi connectivity index (χ0n) is 18.3. The van der Waals surface area contributed by atoms with Crippen LogP contribution in [0.5, 0.6) is 0 Å². The lowest BCUT2D eigenvalue weighted by molar-refractivity contribution is 0.102. The summed E-state index contributed by atoms with van der Waals surface area (Å²) >= 11 is 0. The van der Waals surface area contributed by atoms with E-state index in [1.165, 1.54) is 5.56 Å². The molecule has 0 atom stereocenters. The molecule has 0 saturated carbocycles. The zero-order valence-corrected chi connectivity index (χ0v) is 18.3. The summed E-state index contributed by atoms with van der Waals surface area (Å²) in [7, 11) is 0. The molecule has 0 spiro atoms. The highest BCUT2D eigenvalue weighted by Crippen LogP contribution is 2.29. The number of carbonyl (C=O) groups is 1. The van der Waals surface area contributed by atoms with Crippen LogP contribution in [-0.2, 0) is 12.0 Å². The van der Waals surface area contributed by atoms with Gasteiger partial charge in [-0.05, 0) is 61.1 Å². The Balaban J connectivity index is 1.96. The van der Waals surface area contributed by atoms with Gasteiger partial charge in [-0.25, -0.2) is 4.79 Å². The van der Waals surface area contributed by atoms with Gasteiger partial charge in [0, 0.05) is 16.6 Å². The number of nitrogens with one attached hydrogen (secondary N) is 1. The minimum Gasteiger partial charge on any atom is -0.422 e. The maximum atomic E-state index is 12.8. The lowest BCUT2D eigenvalue weighted by Gasteiger charge is -2.19. The maximum absolute atomic E-state index is 12.8. The minimum atomic E-state index is -0.627. The van der Waals surface area contributed by atoms with Crippen molar-refractivity contribution < 1.29 is 9.21 Å². The highest BCUT2D eigenvalue weighted by molar-refractivity contribution is 6.05. The van der Waals surface area contributed by atoms with Gasteiger partial charge in [-0.1, -0.05) is 51.5 Å². The highest BCUT2D eigenvalue weighted by atomic mass is 16.4. The molecular weight excluding hydrogens is 376 g/mol. The van der Waals surface area contributed by atoms with Gasteiger partial charge in [0.15, 0.2) is 0 Å². The van der Waals surface area contributed by atoms with Crippen LogP contribution in [0, 0.1) is 0 Å². The van der Waals surface area contributed by atoms with Crippen LogP contribution in [0.2, 0.25) is 0 Å². The van der Waals surface area contributed by atoms with Gasteiger partial charge in [-0.15, -0.1) is 0 Å². The molecule has 1 heterocycles. The second-order valence-electron chi connectivity index (χ2n) is 8.66. The van der Waals surface area contributed by atoms with E-state index in [4.69, 9.17) is 10.2 Å². The molecule has 0 fully saturated rings. The predicted octanol–water partition coefficient (Wildman–Crippen LogP) is 5.32. The molecule has 5 nitrogen and oxygen atoms in total.